The highest BCUT2D eigenvalue weighted by Gasteiger charge is 2.44. The largest absolute Gasteiger partial charge is 0.478 e. The molecule has 0 unspecified atom stereocenters. The summed E-state index contributed by atoms with van der Waals surface area (Å²) < 4.78 is 38.9. The highest BCUT2D eigenvalue weighted by atomic mass is 19.4. The molecule has 0 saturated heterocycles. The minimum atomic E-state index is -5.12. The molecule has 6 nitrogen and oxygen atoms in total. The molecule has 0 aliphatic carbocycles. The predicted molar refractivity (Wildman–Crippen MR) is 82.2 cm³/mol. The van der Waals surface area contributed by atoms with Crippen molar-refractivity contribution in [1.82, 2.24) is 9.97 Å². The Hall–Kier alpha value is -2.97. The first-order valence-electron chi connectivity index (χ1n) is 7.11. The highest BCUT2D eigenvalue weighted by Crippen LogP contribution is 2.24. The van der Waals surface area contributed by atoms with Crippen LogP contribution in [0.4, 0.5) is 19.1 Å². The Labute approximate surface area is 140 Å². The molecule has 0 atom stereocenters. The standard InChI is InChI=1S/C16H14F3N3O3/c1-9-6-10(2)21-15(20-9)22(14(25)16(17,18)19)8-11-4-3-5-12(7-11)13(23)24/h3-7H,8H2,1-2H3,(H,23,24). The number of aryl methyl sites for hydroxylation is 2. The first-order valence-corrected chi connectivity index (χ1v) is 7.11. The van der Waals surface area contributed by atoms with Crippen LogP contribution in [-0.2, 0) is 11.3 Å². The van der Waals surface area contributed by atoms with E-state index in [-0.39, 0.29) is 17.1 Å². The molecule has 1 aromatic carbocycles. The average Bonchev–Trinajstić information content (AvgIpc) is 2.50. The third-order valence-corrected chi connectivity index (χ3v) is 3.21. The lowest BCUT2D eigenvalue weighted by atomic mass is 10.1. The molecule has 132 valence electrons. The second-order valence-electron chi connectivity index (χ2n) is 5.35. The summed E-state index contributed by atoms with van der Waals surface area (Å²) in [7, 11) is 0. The lowest BCUT2D eigenvalue weighted by molar-refractivity contribution is -0.170. The number of halogens is 3. The molecule has 1 heterocycles. The van der Waals surface area contributed by atoms with E-state index in [9.17, 15) is 22.8 Å². The number of hydrogen-bond acceptors (Lipinski definition) is 4. The number of hydrogen-bond donors (Lipinski definition) is 1. The van der Waals surface area contributed by atoms with Gasteiger partial charge in [-0.1, -0.05) is 12.1 Å². The second kappa shape index (κ2) is 6.88. The van der Waals surface area contributed by atoms with Crippen LogP contribution >= 0.6 is 0 Å². The summed E-state index contributed by atoms with van der Waals surface area (Å²) in [6.07, 6.45) is -5.12. The molecule has 0 spiro atoms. The Kier molecular flexibility index (Phi) is 5.05. The number of carbonyl (C=O) groups excluding carboxylic acids is 1. The SMILES string of the molecule is Cc1cc(C)nc(N(Cc2cccc(C(=O)O)c2)C(=O)C(F)(F)F)n1. The zero-order valence-electron chi connectivity index (χ0n) is 13.3. The molecule has 1 N–H and O–H groups in total. The van der Waals surface area contributed by atoms with Gasteiger partial charge in [0.05, 0.1) is 12.1 Å². The van der Waals surface area contributed by atoms with Crippen LogP contribution in [0.1, 0.15) is 27.3 Å². The molecule has 9 heteroatoms. The number of aromatic nitrogens is 2. The van der Waals surface area contributed by atoms with Crippen LogP contribution in [0.3, 0.4) is 0 Å². The van der Waals surface area contributed by atoms with Crippen molar-refractivity contribution in [2.45, 2.75) is 26.6 Å². The minimum Gasteiger partial charge on any atom is -0.478 e. The van der Waals surface area contributed by atoms with E-state index >= 15 is 0 Å². The summed E-state index contributed by atoms with van der Waals surface area (Å²) in [5.41, 5.74) is 0.919. The molecule has 1 aromatic heterocycles. The topological polar surface area (TPSA) is 83.4 Å². The number of rotatable bonds is 4. The zero-order valence-corrected chi connectivity index (χ0v) is 13.3. The average molecular weight is 353 g/mol. The third kappa shape index (κ3) is 4.52. The van der Waals surface area contributed by atoms with Gasteiger partial charge in [0, 0.05) is 11.4 Å². The Morgan fingerprint density at radius 1 is 1.12 bits per heavy atom. The minimum absolute atomic E-state index is 0.0988. The van der Waals surface area contributed by atoms with Crippen molar-refractivity contribution in [3.63, 3.8) is 0 Å². The van der Waals surface area contributed by atoms with Gasteiger partial charge in [0.25, 0.3) is 0 Å². The van der Waals surface area contributed by atoms with Gasteiger partial charge in [0.1, 0.15) is 0 Å². The number of amides is 1. The molecular formula is C16H14F3N3O3. The van der Waals surface area contributed by atoms with E-state index in [2.05, 4.69) is 9.97 Å². The van der Waals surface area contributed by atoms with E-state index in [1.807, 2.05) is 0 Å². The predicted octanol–water partition coefficient (Wildman–Crippen LogP) is 2.89. The normalized spacial score (nSPS) is 11.2. The van der Waals surface area contributed by atoms with Crippen molar-refractivity contribution in [3.05, 3.63) is 52.8 Å². The molecule has 1 amide bonds. The van der Waals surface area contributed by atoms with Gasteiger partial charge in [-0.05, 0) is 37.6 Å². The fourth-order valence-electron chi connectivity index (χ4n) is 2.20. The van der Waals surface area contributed by atoms with Crippen LogP contribution in [0, 0.1) is 13.8 Å². The summed E-state index contributed by atoms with van der Waals surface area (Å²) in [6, 6.07) is 6.87. The molecule has 2 rings (SSSR count). The number of nitrogens with zero attached hydrogens (tertiary/aromatic N) is 3. The highest BCUT2D eigenvalue weighted by molar-refractivity contribution is 5.96. The second-order valence-corrected chi connectivity index (χ2v) is 5.35. The van der Waals surface area contributed by atoms with Gasteiger partial charge in [-0.15, -0.1) is 0 Å². The van der Waals surface area contributed by atoms with Crippen molar-refractivity contribution in [3.8, 4) is 0 Å². The van der Waals surface area contributed by atoms with Crippen LogP contribution in [-0.4, -0.2) is 33.1 Å². The number of carboxylic acids is 1. The van der Waals surface area contributed by atoms with Crippen molar-refractivity contribution in [2.24, 2.45) is 0 Å². The fourth-order valence-corrected chi connectivity index (χ4v) is 2.20. The Bertz CT molecular complexity index is 802. The molecule has 0 fully saturated rings. The Morgan fingerprint density at radius 3 is 2.24 bits per heavy atom. The summed E-state index contributed by atoms with van der Waals surface area (Å²) in [5.74, 6) is -3.74. The van der Waals surface area contributed by atoms with Gasteiger partial charge in [-0.2, -0.15) is 13.2 Å². The molecule has 0 aliphatic rings. The Balaban J connectivity index is 2.47. The maximum absolute atomic E-state index is 13.0. The third-order valence-electron chi connectivity index (χ3n) is 3.21. The van der Waals surface area contributed by atoms with Crippen LogP contribution in [0.2, 0.25) is 0 Å². The maximum atomic E-state index is 13.0. The van der Waals surface area contributed by atoms with E-state index in [1.54, 1.807) is 19.9 Å². The van der Waals surface area contributed by atoms with Gasteiger partial charge < -0.3 is 5.11 Å². The lowest BCUT2D eigenvalue weighted by Gasteiger charge is -2.22. The number of carbonyl (C=O) groups is 2. The zero-order chi connectivity index (χ0) is 18.8. The number of carboxylic acid groups (broad SMARTS) is 1. The van der Waals surface area contributed by atoms with Crippen LogP contribution in [0.15, 0.2) is 30.3 Å². The van der Waals surface area contributed by atoms with Gasteiger partial charge in [0.15, 0.2) is 0 Å². The quantitative estimate of drug-likeness (QED) is 0.914. The molecular weight excluding hydrogens is 339 g/mol. The number of benzene rings is 1. The summed E-state index contributed by atoms with van der Waals surface area (Å²) in [6.45, 7) is 2.63. The van der Waals surface area contributed by atoms with Gasteiger partial charge in [0.2, 0.25) is 5.95 Å². The molecule has 0 bridgehead atoms. The van der Waals surface area contributed by atoms with Crippen molar-refractivity contribution in [1.29, 1.82) is 0 Å². The van der Waals surface area contributed by atoms with Crippen molar-refractivity contribution < 1.29 is 27.9 Å². The van der Waals surface area contributed by atoms with Gasteiger partial charge in [-0.25, -0.2) is 14.8 Å². The summed E-state index contributed by atoms with van der Waals surface area (Å²) in [5, 5.41) is 8.99. The molecule has 2 aromatic rings. The Morgan fingerprint density at radius 2 is 1.72 bits per heavy atom. The smallest absolute Gasteiger partial charge is 0.471 e. The van der Waals surface area contributed by atoms with Gasteiger partial charge in [-0.3, -0.25) is 9.69 Å². The van der Waals surface area contributed by atoms with E-state index in [4.69, 9.17) is 5.11 Å². The van der Waals surface area contributed by atoms with Crippen molar-refractivity contribution in [2.75, 3.05) is 4.90 Å². The molecule has 25 heavy (non-hydrogen) atoms. The molecule has 0 aliphatic heterocycles. The first-order chi connectivity index (χ1) is 11.6. The molecule has 0 radical (unpaired) electrons. The molecule has 0 saturated carbocycles. The van der Waals surface area contributed by atoms with Crippen LogP contribution in [0.25, 0.3) is 0 Å². The first kappa shape index (κ1) is 18.4. The maximum Gasteiger partial charge on any atom is 0.471 e. The van der Waals surface area contributed by atoms with E-state index in [0.717, 1.165) is 0 Å². The van der Waals surface area contributed by atoms with Gasteiger partial charge >= 0.3 is 18.1 Å². The number of alkyl halides is 3. The monoisotopic (exact) mass is 353 g/mol. The van der Waals surface area contributed by atoms with Crippen LogP contribution in [0.5, 0.6) is 0 Å². The number of aromatic carboxylic acids is 1. The fraction of sp³-hybridized carbons (Fsp3) is 0.250. The van der Waals surface area contributed by atoms with E-state index < -0.39 is 24.6 Å². The lowest BCUT2D eigenvalue weighted by Crippen LogP contribution is -2.42. The summed E-state index contributed by atoms with van der Waals surface area (Å²) in [4.78, 5) is 31.0. The number of anilines is 1. The summed E-state index contributed by atoms with van der Waals surface area (Å²) >= 11 is 0. The van der Waals surface area contributed by atoms with Crippen molar-refractivity contribution >= 4 is 17.8 Å². The van der Waals surface area contributed by atoms with E-state index in [0.29, 0.717) is 16.3 Å². The van der Waals surface area contributed by atoms with E-state index in [1.165, 1.54) is 24.3 Å². The van der Waals surface area contributed by atoms with Crippen LogP contribution < -0.4 is 4.90 Å².